The van der Waals surface area contributed by atoms with E-state index in [1.54, 1.807) is 0 Å². The molecular weight excluding hydrogens is 186 g/mol. The lowest BCUT2D eigenvalue weighted by Gasteiger charge is -2.34. The maximum absolute atomic E-state index is 5.41. The van der Waals surface area contributed by atoms with E-state index >= 15 is 0 Å². The Labute approximate surface area is 92.9 Å². The fourth-order valence-electron chi connectivity index (χ4n) is 2.14. The van der Waals surface area contributed by atoms with Gasteiger partial charge in [0, 0.05) is 45.8 Å². The molecule has 0 radical (unpaired) electrons. The molecule has 2 N–H and O–H groups in total. The topological polar surface area (TPSA) is 32.5 Å². The minimum absolute atomic E-state index is 0.668. The van der Waals surface area contributed by atoms with Crippen LogP contribution in [0.3, 0.4) is 0 Å². The number of rotatable bonds is 5. The third-order valence-electron chi connectivity index (χ3n) is 3.34. The van der Waals surface area contributed by atoms with Crippen LogP contribution >= 0.6 is 0 Å². The van der Waals surface area contributed by atoms with Gasteiger partial charge in [0.2, 0.25) is 0 Å². The summed E-state index contributed by atoms with van der Waals surface area (Å²) >= 11 is 0. The van der Waals surface area contributed by atoms with Crippen molar-refractivity contribution < 1.29 is 0 Å². The molecule has 15 heavy (non-hydrogen) atoms. The Morgan fingerprint density at radius 2 is 1.67 bits per heavy atom. The Kier molecular flexibility index (Phi) is 4.18. The van der Waals surface area contributed by atoms with E-state index in [-0.39, 0.29) is 0 Å². The number of hydrogen-bond acceptors (Lipinski definition) is 3. The van der Waals surface area contributed by atoms with Gasteiger partial charge in [-0.3, -0.25) is 4.90 Å². The summed E-state index contributed by atoms with van der Waals surface area (Å²) < 4.78 is 0. The average molecular weight is 209 g/mol. The maximum atomic E-state index is 5.41. The van der Waals surface area contributed by atoms with Crippen LogP contribution in [0.1, 0.15) is 12.8 Å². The van der Waals surface area contributed by atoms with Gasteiger partial charge in [0.05, 0.1) is 0 Å². The summed E-state index contributed by atoms with van der Waals surface area (Å²) in [4.78, 5) is 5.14. The van der Waals surface area contributed by atoms with Gasteiger partial charge in [-0.05, 0) is 18.8 Å². The molecule has 1 aliphatic heterocycles. The molecule has 0 aromatic heterocycles. The molecule has 3 heteroatoms. The van der Waals surface area contributed by atoms with Crippen LogP contribution in [0.5, 0.6) is 0 Å². The highest BCUT2D eigenvalue weighted by atomic mass is 15.3. The predicted octanol–water partition coefficient (Wildman–Crippen LogP) is 0.529. The minimum atomic E-state index is 0.668. The highest BCUT2D eigenvalue weighted by molar-refractivity contribution is 4.88. The summed E-state index contributed by atoms with van der Waals surface area (Å²) in [5, 5.41) is 0. The molecule has 0 unspecified atom stereocenters. The van der Waals surface area contributed by atoms with Gasteiger partial charge >= 0.3 is 0 Å². The molecule has 1 saturated heterocycles. The molecule has 0 amide bonds. The first kappa shape index (κ1) is 11.1. The van der Waals surface area contributed by atoms with E-state index in [1.807, 2.05) is 0 Å². The van der Waals surface area contributed by atoms with E-state index in [0.717, 1.165) is 12.5 Å². The first-order valence-electron chi connectivity index (χ1n) is 6.18. The number of nitrogens with zero attached hydrogens (tertiary/aromatic N) is 2. The normalized spacial score (nSPS) is 25.1. The first-order chi connectivity index (χ1) is 7.38. The van der Waals surface area contributed by atoms with Crippen LogP contribution in [0.25, 0.3) is 0 Å². The highest BCUT2D eigenvalue weighted by Crippen LogP contribution is 2.29. The molecule has 0 atom stereocenters. The van der Waals surface area contributed by atoms with Crippen LogP contribution in [0.2, 0.25) is 0 Å². The largest absolute Gasteiger partial charge is 0.327 e. The molecule has 1 aliphatic carbocycles. The van der Waals surface area contributed by atoms with Crippen LogP contribution < -0.4 is 5.73 Å². The average Bonchev–Trinajstić information content (AvgIpc) is 3.05. The molecule has 2 fully saturated rings. The van der Waals surface area contributed by atoms with Gasteiger partial charge in [0.25, 0.3) is 0 Å². The molecule has 2 rings (SSSR count). The highest BCUT2D eigenvalue weighted by Gasteiger charge is 2.25. The van der Waals surface area contributed by atoms with Crippen LogP contribution in [-0.4, -0.2) is 55.6 Å². The van der Waals surface area contributed by atoms with Gasteiger partial charge in [0.1, 0.15) is 0 Å². The van der Waals surface area contributed by atoms with Gasteiger partial charge in [-0.1, -0.05) is 12.2 Å². The summed E-state index contributed by atoms with van der Waals surface area (Å²) in [7, 11) is 0. The maximum Gasteiger partial charge on any atom is 0.0164 e. The monoisotopic (exact) mass is 209 g/mol. The van der Waals surface area contributed by atoms with Crippen molar-refractivity contribution in [1.29, 1.82) is 0 Å². The molecule has 2 aliphatic rings. The van der Waals surface area contributed by atoms with Gasteiger partial charge < -0.3 is 10.6 Å². The zero-order valence-corrected chi connectivity index (χ0v) is 9.57. The third kappa shape index (κ3) is 3.93. The number of piperazine rings is 1. The summed E-state index contributed by atoms with van der Waals surface area (Å²) in [6.07, 6.45) is 7.19. The van der Waals surface area contributed by atoms with Crippen molar-refractivity contribution in [3.05, 3.63) is 12.2 Å². The van der Waals surface area contributed by atoms with Crippen molar-refractivity contribution in [1.82, 2.24) is 9.80 Å². The predicted molar refractivity (Wildman–Crippen MR) is 63.8 cm³/mol. The van der Waals surface area contributed by atoms with Crippen molar-refractivity contribution in [2.24, 2.45) is 11.7 Å². The van der Waals surface area contributed by atoms with E-state index in [4.69, 9.17) is 5.73 Å². The Bertz CT molecular complexity index is 203. The molecule has 0 aromatic carbocycles. The summed E-state index contributed by atoms with van der Waals surface area (Å²) in [6.45, 7) is 8.06. The van der Waals surface area contributed by atoms with Crippen LogP contribution in [0, 0.1) is 5.92 Å². The van der Waals surface area contributed by atoms with Crippen molar-refractivity contribution in [3.8, 4) is 0 Å². The summed E-state index contributed by atoms with van der Waals surface area (Å²) in [5.74, 6) is 1.04. The van der Waals surface area contributed by atoms with E-state index in [2.05, 4.69) is 22.0 Å². The van der Waals surface area contributed by atoms with Crippen LogP contribution in [-0.2, 0) is 0 Å². The van der Waals surface area contributed by atoms with E-state index in [9.17, 15) is 0 Å². The van der Waals surface area contributed by atoms with Gasteiger partial charge in [-0.15, -0.1) is 0 Å². The zero-order valence-electron chi connectivity index (χ0n) is 9.57. The van der Waals surface area contributed by atoms with E-state index in [0.29, 0.717) is 6.54 Å². The van der Waals surface area contributed by atoms with Gasteiger partial charge in [-0.25, -0.2) is 0 Å². The second-order valence-corrected chi connectivity index (χ2v) is 4.75. The SMILES string of the molecule is NCC=CCN1CCN(CC2CC2)CC1. The Morgan fingerprint density at radius 1 is 1.00 bits per heavy atom. The first-order valence-corrected chi connectivity index (χ1v) is 6.18. The zero-order chi connectivity index (χ0) is 10.5. The molecule has 0 aromatic rings. The molecule has 3 nitrogen and oxygen atoms in total. The second-order valence-electron chi connectivity index (χ2n) is 4.75. The fraction of sp³-hybridized carbons (Fsp3) is 0.833. The number of hydrogen-bond donors (Lipinski definition) is 1. The van der Waals surface area contributed by atoms with E-state index < -0.39 is 0 Å². The third-order valence-corrected chi connectivity index (χ3v) is 3.34. The number of nitrogens with two attached hydrogens (primary N) is 1. The molecular formula is C12H23N3. The van der Waals surface area contributed by atoms with Crippen molar-refractivity contribution in [2.45, 2.75) is 12.8 Å². The molecule has 0 bridgehead atoms. The van der Waals surface area contributed by atoms with E-state index in [1.165, 1.54) is 45.6 Å². The molecule has 1 saturated carbocycles. The summed E-state index contributed by atoms with van der Waals surface area (Å²) in [5.41, 5.74) is 5.41. The lowest BCUT2D eigenvalue weighted by molar-refractivity contribution is 0.138. The van der Waals surface area contributed by atoms with Gasteiger partial charge in [-0.2, -0.15) is 0 Å². The van der Waals surface area contributed by atoms with Crippen molar-refractivity contribution in [3.63, 3.8) is 0 Å². The smallest absolute Gasteiger partial charge is 0.0164 e. The Morgan fingerprint density at radius 3 is 2.27 bits per heavy atom. The lowest BCUT2D eigenvalue weighted by Crippen LogP contribution is -2.46. The summed E-state index contributed by atoms with van der Waals surface area (Å²) in [6, 6.07) is 0. The van der Waals surface area contributed by atoms with Crippen LogP contribution in [0.4, 0.5) is 0 Å². The molecule has 0 spiro atoms. The van der Waals surface area contributed by atoms with Crippen LogP contribution in [0.15, 0.2) is 12.2 Å². The standard InChI is InChI=1S/C12H23N3/c13-5-1-2-6-14-7-9-15(10-8-14)11-12-3-4-12/h1-2,12H,3-11,13H2. The minimum Gasteiger partial charge on any atom is -0.327 e. The Hall–Kier alpha value is -0.380. The quantitative estimate of drug-likeness (QED) is 0.670. The lowest BCUT2D eigenvalue weighted by atomic mass is 10.2. The molecule has 86 valence electrons. The Balaban J connectivity index is 1.60. The fourth-order valence-corrected chi connectivity index (χ4v) is 2.14. The van der Waals surface area contributed by atoms with Crippen molar-refractivity contribution >= 4 is 0 Å². The van der Waals surface area contributed by atoms with Gasteiger partial charge in [0.15, 0.2) is 0 Å². The second kappa shape index (κ2) is 5.64. The van der Waals surface area contributed by atoms with Crippen molar-refractivity contribution in [2.75, 3.05) is 45.8 Å². The molecule has 1 heterocycles.